The maximum Gasteiger partial charge on any atom is 0.324 e. The van der Waals surface area contributed by atoms with Gasteiger partial charge in [-0.05, 0) is 31.2 Å². The van der Waals surface area contributed by atoms with Crippen molar-refractivity contribution in [3.05, 3.63) is 25.6 Å². The van der Waals surface area contributed by atoms with Crippen LogP contribution in [0.3, 0.4) is 0 Å². The van der Waals surface area contributed by atoms with Crippen molar-refractivity contribution in [1.29, 1.82) is 0 Å². The third-order valence-electron chi connectivity index (χ3n) is 2.85. The Kier molecular flexibility index (Phi) is 2.03. The van der Waals surface area contributed by atoms with Gasteiger partial charge in [-0.1, -0.05) is 12.2 Å². The predicted octanol–water partition coefficient (Wildman–Crippen LogP) is 2.53. The number of nitrogens with one attached hydrogen (secondary N) is 2. The molecule has 1 aliphatic carbocycles. The minimum absolute atomic E-state index is 0.203. The molecular weight excluding hydrogens is 228 g/mol. The Morgan fingerprint density at radius 2 is 2.00 bits per heavy atom. The van der Waals surface area contributed by atoms with Gasteiger partial charge < -0.3 is 0 Å². The van der Waals surface area contributed by atoms with Gasteiger partial charge in [-0.3, -0.25) is 9.97 Å². The molecule has 0 aromatic carbocycles. The third kappa shape index (κ3) is 1.38. The number of rotatable bonds is 0. The summed E-state index contributed by atoms with van der Waals surface area (Å²) in [5.41, 5.74) is 1.16. The largest absolute Gasteiger partial charge is 0.324 e. The quantitative estimate of drug-likeness (QED) is 0.693. The molecule has 0 aliphatic heterocycles. The molecule has 2 heterocycles. The van der Waals surface area contributed by atoms with E-state index in [4.69, 9.17) is 12.2 Å². The Hall–Kier alpha value is -0.940. The van der Waals surface area contributed by atoms with Crippen LogP contribution in [0.25, 0.3) is 10.2 Å². The number of H-pyrrole nitrogens is 2. The molecule has 0 saturated heterocycles. The van der Waals surface area contributed by atoms with Gasteiger partial charge in [0, 0.05) is 10.3 Å². The zero-order chi connectivity index (χ0) is 10.4. The van der Waals surface area contributed by atoms with Crippen LogP contribution in [-0.4, -0.2) is 9.97 Å². The van der Waals surface area contributed by atoms with Crippen LogP contribution in [0.15, 0.2) is 4.79 Å². The van der Waals surface area contributed by atoms with Crippen LogP contribution >= 0.6 is 23.6 Å². The fourth-order valence-corrected chi connectivity index (χ4v) is 3.87. The number of aryl methyl sites for hydroxylation is 2. The highest BCUT2D eigenvalue weighted by Crippen LogP contribution is 2.34. The van der Waals surface area contributed by atoms with Gasteiger partial charge in [-0.15, -0.1) is 11.3 Å². The minimum Gasteiger partial charge on any atom is -0.298 e. The highest BCUT2D eigenvalue weighted by molar-refractivity contribution is 7.71. The minimum atomic E-state index is -0.203. The zero-order valence-electron chi connectivity index (χ0n) is 8.05. The van der Waals surface area contributed by atoms with E-state index in [-0.39, 0.29) is 5.69 Å². The van der Waals surface area contributed by atoms with Crippen LogP contribution in [-0.2, 0) is 12.8 Å². The Balaban J connectivity index is 2.47. The topological polar surface area (TPSA) is 48.6 Å². The number of hydrogen-bond acceptors (Lipinski definition) is 3. The molecule has 0 bridgehead atoms. The smallest absolute Gasteiger partial charge is 0.298 e. The van der Waals surface area contributed by atoms with Crippen molar-refractivity contribution in [3.63, 3.8) is 0 Å². The molecule has 2 aromatic heterocycles. The van der Waals surface area contributed by atoms with Crippen LogP contribution in [0.1, 0.15) is 23.3 Å². The summed E-state index contributed by atoms with van der Waals surface area (Å²) in [6.07, 6.45) is 4.71. The molecule has 1 aliphatic rings. The van der Waals surface area contributed by atoms with Crippen molar-refractivity contribution in [2.75, 3.05) is 0 Å². The average molecular weight is 238 g/mol. The predicted molar refractivity (Wildman–Crippen MR) is 64.3 cm³/mol. The van der Waals surface area contributed by atoms with Crippen LogP contribution in [0.2, 0.25) is 0 Å². The number of hydrogen-bond donors (Lipinski definition) is 2. The molecule has 0 saturated carbocycles. The summed E-state index contributed by atoms with van der Waals surface area (Å²) in [5.74, 6) is 0. The lowest BCUT2D eigenvalue weighted by Crippen LogP contribution is -2.09. The van der Waals surface area contributed by atoms with Crippen LogP contribution in [0.5, 0.6) is 0 Å². The Morgan fingerprint density at radius 1 is 1.20 bits per heavy atom. The molecule has 2 N–H and O–H groups in total. The van der Waals surface area contributed by atoms with E-state index in [0.717, 1.165) is 23.1 Å². The monoisotopic (exact) mass is 238 g/mol. The molecule has 15 heavy (non-hydrogen) atoms. The Morgan fingerprint density at radius 3 is 2.87 bits per heavy atom. The van der Waals surface area contributed by atoms with Gasteiger partial charge in [0.1, 0.15) is 9.47 Å². The standard InChI is InChI=1S/C10H10N2OS2/c13-10-11-8(14)7-5-3-1-2-4-6(5)15-9(7)12-10/h1-4H2,(H2,11,12,13,14). The van der Waals surface area contributed by atoms with E-state index in [1.807, 2.05) is 0 Å². The van der Waals surface area contributed by atoms with Crippen molar-refractivity contribution < 1.29 is 0 Å². The van der Waals surface area contributed by atoms with Crippen molar-refractivity contribution in [2.45, 2.75) is 25.7 Å². The van der Waals surface area contributed by atoms with Crippen molar-refractivity contribution in [1.82, 2.24) is 9.97 Å². The molecule has 0 radical (unpaired) electrons. The van der Waals surface area contributed by atoms with Crippen molar-refractivity contribution in [3.8, 4) is 0 Å². The highest BCUT2D eigenvalue weighted by Gasteiger charge is 2.17. The van der Waals surface area contributed by atoms with Gasteiger partial charge in [0.2, 0.25) is 0 Å². The number of thiophene rings is 1. The first-order valence-corrected chi connectivity index (χ1v) is 6.25. The molecule has 3 rings (SSSR count). The fraction of sp³-hybridized carbons (Fsp3) is 0.400. The van der Waals surface area contributed by atoms with Gasteiger partial charge in [-0.25, -0.2) is 4.79 Å². The summed E-state index contributed by atoms with van der Waals surface area (Å²) >= 11 is 6.90. The van der Waals surface area contributed by atoms with E-state index in [2.05, 4.69) is 9.97 Å². The second-order valence-electron chi connectivity index (χ2n) is 3.82. The van der Waals surface area contributed by atoms with Crippen LogP contribution < -0.4 is 5.69 Å². The van der Waals surface area contributed by atoms with Crippen molar-refractivity contribution >= 4 is 33.8 Å². The highest BCUT2D eigenvalue weighted by atomic mass is 32.1. The first kappa shape index (κ1) is 9.30. The first-order chi connectivity index (χ1) is 7.25. The number of aromatic amines is 2. The Bertz CT molecular complexity index is 635. The van der Waals surface area contributed by atoms with Gasteiger partial charge in [0.15, 0.2) is 0 Å². The third-order valence-corrected chi connectivity index (χ3v) is 4.37. The maximum atomic E-state index is 11.2. The number of fused-ring (bicyclic) bond motifs is 3. The van der Waals surface area contributed by atoms with Crippen LogP contribution in [0.4, 0.5) is 0 Å². The van der Waals surface area contributed by atoms with E-state index in [1.54, 1.807) is 11.3 Å². The second-order valence-corrected chi connectivity index (χ2v) is 5.34. The van der Waals surface area contributed by atoms with Crippen LogP contribution in [0, 0.1) is 4.64 Å². The van der Waals surface area contributed by atoms with E-state index in [9.17, 15) is 4.79 Å². The molecule has 2 aromatic rings. The van der Waals surface area contributed by atoms with Gasteiger partial charge in [0.05, 0.1) is 0 Å². The van der Waals surface area contributed by atoms with E-state index >= 15 is 0 Å². The average Bonchev–Trinajstić information content (AvgIpc) is 2.54. The van der Waals surface area contributed by atoms with Gasteiger partial charge in [0.25, 0.3) is 0 Å². The molecule has 0 unspecified atom stereocenters. The molecule has 0 spiro atoms. The molecule has 0 fully saturated rings. The van der Waals surface area contributed by atoms with Gasteiger partial charge in [-0.2, -0.15) is 0 Å². The SMILES string of the molecule is O=c1[nH]c(=S)c2c3c(sc2[nH]1)CCCC3. The second kappa shape index (κ2) is 3.28. The maximum absolute atomic E-state index is 11.2. The fourth-order valence-electron chi connectivity index (χ4n) is 2.19. The van der Waals surface area contributed by atoms with E-state index in [1.165, 1.54) is 23.3 Å². The van der Waals surface area contributed by atoms with Gasteiger partial charge >= 0.3 is 5.69 Å². The van der Waals surface area contributed by atoms with E-state index in [0.29, 0.717) is 4.64 Å². The lowest BCUT2D eigenvalue weighted by atomic mass is 9.97. The summed E-state index contributed by atoms with van der Waals surface area (Å²) in [4.78, 5) is 19.1. The number of aromatic nitrogens is 2. The molecule has 78 valence electrons. The normalized spacial score (nSPS) is 15.5. The molecule has 3 nitrogen and oxygen atoms in total. The van der Waals surface area contributed by atoms with E-state index < -0.39 is 0 Å². The molecule has 0 amide bonds. The zero-order valence-corrected chi connectivity index (χ0v) is 9.69. The summed E-state index contributed by atoms with van der Waals surface area (Å²) < 4.78 is 0.591. The molecule has 0 atom stereocenters. The molecular formula is C10H10N2OS2. The summed E-state index contributed by atoms with van der Waals surface area (Å²) in [5, 5.41) is 1.07. The lowest BCUT2D eigenvalue weighted by molar-refractivity contribution is 0.700. The molecule has 5 heteroatoms. The summed E-state index contributed by atoms with van der Waals surface area (Å²) in [6, 6.07) is 0. The summed E-state index contributed by atoms with van der Waals surface area (Å²) in [7, 11) is 0. The first-order valence-electron chi connectivity index (χ1n) is 5.02. The lowest BCUT2D eigenvalue weighted by Gasteiger charge is -2.09. The Labute approximate surface area is 95.2 Å². The summed E-state index contributed by atoms with van der Waals surface area (Å²) in [6.45, 7) is 0. The van der Waals surface area contributed by atoms with Crippen molar-refractivity contribution in [2.24, 2.45) is 0 Å².